The highest BCUT2D eigenvalue weighted by molar-refractivity contribution is 5.79. The molecule has 2 heterocycles. The van der Waals surface area contributed by atoms with Gasteiger partial charge in [-0.15, -0.1) is 0 Å². The number of hydrogen-bond donors (Lipinski definition) is 1. The maximum Gasteiger partial charge on any atom is 0.227 e. The standard InChI is InChI=1S/C19H22FN3O/c20-17-6-4-15(5-7-17)14-23(19(24)16-8-11-21-13-16)12-9-18-3-1-2-10-22-18/h1-7,10,16,21H,8-9,11-14H2/t16-/m0/s1. The quantitative estimate of drug-likeness (QED) is 0.886. The maximum absolute atomic E-state index is 13.1. The van der Waals surface area contributed by atoms with E-state index in [1.165, 1.54) is 12.1 Å². The number of carbonyl (C=O) groups is 1. The summed E-state index contributed by atoms with van der Waals surface area (Å²) >= 11 is 0. The van der Waals surface area contributed by atoms with Crippen LogP contribution >= 0.6 is 0 Å². The lowest BCUT2D eigenvalue weighted by atomic mass is 10.1. The topological polar surface area (TPSA) is 45.2 Å². The first-order valence-corrected chi connectivity index (χ1v) is 8.36. The minimum Gasteiger partial charge on any atom is -0.338 e. The minimum atomic E-state index is -0.259. The number of benzene rings is 1. The molecule has 0 radical (unpaired) electrons. The van der Waals surface area contributed by atoms with Gasteiger partial charge >= 0.3 is 0 Å². The maximum atomic E-state index is 13.1. The van der Waals surface area contributed by atoms with Crippen LogP contribution < -0.4 is 5.32 Å². The third-order valence-corrected chi connectivity index (χ3v) is 4.37. The van der Waals surface area contributed by atoms with Crippen molar-refractivity contribution in [3.8, 4) is 0 Å². The van der Waals surface area contributed by atoms with Crippen molar-refractivity contribution in [1.29, 1.82) is 0 Å². The number of rotatable bonds is 6. The Labute approximate surface area is 141 Å². The van der Waals surface area contributed by atoms with Gasteiger partial charge in [-0.25, -0.2) is 4.39 Å². The van der Waals surface area contributed by atoms with E-state index >= 15 is 0 Å². The van der Waals surface area contributed by atoms with Gasteiger partial charge in [-0.2, -0.15) is 0 Å². The second-order valence-electron chi connectivity index (χ2n) is 6.15. The highest BCUT2D eigenvalue weighted by atomic mass is 19.1. The molecule has 126 valence electrons. The largest absolute Gasteiger partial charge is 0.338 e. The molecule has 0 saturated carbocycles. The lowest BCUT2D eigenvalue weighted by Gasteiger charge is -2.25. The van der Waals surface area contributed by atoms with Crippen molar-refractivity contribution in [2.24, 2.45) is 5.92 Å². The van der Waals surface area contributed by atoms with Crippen molar-refractivity contribution in [3.63, 3.8) is 0 Å². The second kappa shape index (κ2) is 8.02. The van der Waals surface area contributed by atoms with Crippen LogP contribution in [0.3, 0.4) is 0 Å². The Morgan fingerprint density at radius 3 is 2.75 bits per heavy atom. The van der Waals surface area contributed by atoms with Gasteiger partial charge in [0.2, 0.25) is 5.91 Å². The van der Waals surface area contributed by atoms with E-state index in [2.05, 4.69) is 10.3 Å². The van der Waals surface area contributed by atoms with Crippen LogP contribution in [0, 0.1) is 11.7 Å². The Bertz CT molecular complexity index is 654. The summed E-state index contributed by atoms with van der Waals surface area (Å²) in [4.78, 5) is 19.0. The Balaban J connectivity index is 1.69. The second-order valence-corrected chi connectivity index (χ2v) is 6.15. The first-order chi connectivity index (χ1) is 11.7. The fraction of sp³-hybridized carbons (Fsp3) is 0.368. The number of halogens is 1. The first kappa shape index (κ1) is 16.6. The average Bonchev–Trinajstić information content (AvgIpc) is 3.15. The first-order valence-electron chi connectivity index (χ1n) is 8.36. The molecule has 0 spiro atoms. The van der Waals surface area contributed by atoms with Gasteiger partial charge in [-0.05, 0) is 42.8 Å². The lowest BCUT2D eigenvalue weighted by molar-refractivity contribution is -0.135. The van der Waals surface area contributed by atoms with Gasteiger partial charge in [0, 0.05) is 37.9 Å². The Hall–Kier alpha value is -2.27. The number of pyridine rings is 1. The molecule has 5 heteroatoms. The van der Waals surface area contributed by atoms with Gasteiger partial charge in [-0.1, -0.05) is 18.2 Å². The third-order valence-electron chi connectivity index (χ3n) is 4.37. The number of nitrogens with one attached hydrogen (secondary N) is 1. The van der Waals surface area contributed by atoms with Crippen LogP contribution in [-0.4, -0.2) is 35.4 Å². The van der Waals surface area contributed by atoms with E-state index in [-0.39, 0.29) is 17.6 Å². The Morgan fingerprint density at radius 2 is 2.08 bits per heavy atom. The summed E-state index contributed by atoms with van der Waals surface area (Å²) in [6, 6.07) is 12.2. The van der Waals surface area contributed by atoms with Crippen LogP contribution in [0.1, 0.15) is 17.7 Å². The number of aromatic nitrogens is 1. The molecule has 0 unspecified atom stereocenters. The van der Waals surface area contributed by atoms with Gasteiger partial charge in [0.05, 0.1) is 5.92 Å². The predicted octanol–water partition coefficient (Wildman–Crippen LogP) is 2.40. The number of hydrogen-bond acceptors (Lipinski definition) is 3. The summed E-state index contributed by atoms with van der Waals surface area (Å²) < 4.78 is 13.1. The molecule has 2 aromatic rings. The van der Waals surface area contributed by atoms with Crippen molar-refractivity contribution in [2.45, 2.75) is 19.4 Å². The van der Waals surface area contributed by atoms with E-state index in [0.717, 1.165) is 30.8 Å². The SMILES string of the molecule is O=C([C@H]1CCNC1)N(CCc1ccccn1)Cc1ccc(F)cc1. The van der Waals surface area contributed by atoms with Crippen LogP contribution in [0.4, 0.5) is 4.39 Å². The van der Waals surface area contributed by atoms with Crippen LogP contribution in [-0.2, 0) is 17.8 Å². The van der Waals surface area contributed by atoms with Gasteiger partial charge < -0.3 is 10.2 Å². The van der Waals surface area contributed by atoms with Crippen LogP contribution in [0.15, 0.2) is 48.7 Å². The zero-order valence-corrected chi connectivity index (χ0v) is 13.6. The van der Waals surface area contributed by atoms with Crippen molar-refractivity contribution in [3.05, 3.63) is 65.7 Å². The zero-order chi connectivity index (χ0) is 16.8. The molecule has 1 aliphatic rings. The molecule has 4 nitrogen and oxygen atoms in total. The number of amides is 1. The van der Waals surface area contributed by atoms with Crippen molar-refractivity contribution in [2.75, 3.05) is 19.6 Å². The summed E-state index contributed by atoms with van der Waals surface area (Å²) in [5.74, 6) is -0.0560. The molecule has 1 aromatic carbocycles. The fourth-order valence-corrected chi connectivity index (χ4v) is 3.00. The van der Waals surface area contributed by atoms with Gasteiger partial charge in [0.1, 0.15) is 5.82 Å². The average molecular weight is 327 g/mol. The van der Waals surface area contributed by atoms with Crippen molar-refractivity contribution < 1.29 is 9.18 Å². The van der Waals surface area contributed by atoms with Gasteiger partial charge in [0.15, 0.2) is 0 Å². The molecule has 24 heavy (non-hydrogen) atoms. The predicted molar refractivity (Wildman–Crippen MR) is 90.7 cm³/mol. The molecule has 1 atom stereocenters. The van der Waals surface area contributed by atoms with E-state index in [1.807, 2.05) is 23.1 Å². The molecule has 0 bridgehead atoms. The Kier molecular flexibility index (Phi) is 5.54. The summed E-state index contributed by atoms with van der Waals surface area (Å²) in [6.45, 7) is 2.75. The van der Waals surface area contributed by atoms with Crippen LogP contribution in [0.25, 0.3) is 0 Å². The summed E-state index contributed by atoms with van der Waals surface area (Å²) in [5.41, 5.74) is 1.91. The summed E-state index contributed by atoms with van der Waals surface area (Å²) in [7, 11) is 0. The molecule has 1 fully saturated rings. The van der Waals surface area contributed by atoms with E-state index < -0.39 is 0 Å². The molecule has 1 saturated heterocycles. The number of nitrogens with zero attached hydrogens (tertiary/aromatic N) is 2. The summed E-state index contributed by atoms with van der Waals surface area (Å²) in [5, 5.41) is 3.24. The number of carbonyl (C=O) groups excluding carboxylic acids is 1. The Morgan fingerprint density at radius 1 is 1.25 bits per heavy atom. The molecular formula is C19H22FN3O. The van der Waals surface area contributed by atoms with Gasteiger partial charge in [-0.3, -0.25) is 9.78 Å². The minimum absolute atomic E-state index is 0.0363. The zero-order valence-electron chi connectivity index (χ0n) is 13.6. The van der Waals surface area contributed by atoms with E-state index in [0.29, 0.717) is 19.5 Å². The van der Waals surface area contributed by atoms with E-state index in [9.17, 15) is 9.18 Å². The molecule has 1 N–H and O–H groups in total. The van der Waals surface area contributed by atoms with Crippen LogP contribution in [0.5, 0.6) is 0 Å². The smallest absolute Gasteiger partial charge is 0.227 e. The normalized spacial score (nSPS) is 17.0. The highest BCUT2D eigenvalue weighted by Gasteiger charge is 2.27. The van der Waals surface area contributed by atoms with E-state index in [1.54, 1.807) is 18.3 Å². The third kappa shape index (κ3) is 4.38. The van der Waals surface area contributed by atoms with Crippen LogP contribution in [0.2, 0.25) is 0 Å². The summed E-state index contributed by atoms with van der Waals surface area (Å²) in [6.07, 6.45) is 3.36. The monoisotopic (exact) mass is 327 g/mol. The fourth-order valence-electron chi connectivity index (χ4n) is 3.00. The molecule has 1 aliphatic heterocycles. The molecule has 0 aliphatic carbocycles. The van der Waals surface area contributed by atoms with Gasteiger partial charge in [0.25, 0.3) is 0 Å². The lowest BCUT2D eigenvalue weighted by Crippen LogP contribution is -2.38. The van der Waals surface area contributed by atoms with Crippen molar-refractivity contribution >= 4 is 5.91 Å². The highest BCUT2D eigenvalue weighted by Crippen LogP contribution is 2.15. The van der Waals surface area contributed by atoms with E-state index in [4.69, 9.17) is 0 Å². The molecule has 3 rings (SSSR count). The van der Waals surface area contributed by atoms with Crippen molar-refractivity contribution in [1.82, 2.24) is 15.2 Å². The molecular weight excluding hydrogens is 305 g/mol. The molecule has 1 aromatic heterocycles. The molecule has 1 amide bonds.